The summed E-state index contributed by atoms with van der Waals surface area (Å²) >= 11 is 3.41. The van der Waals surface area contributed by atoms with Gasteiger partial charge in [0.25, 0.3) is 0 Å². The summed E-state index contributed by atoms with van der Waals surface area (Å²) < 4.78 is 0. The molecule has 1 aliphatic rings. The molecule has 0 bridgehead atoms. The Morgan fingerprint density at radius 1 is 0.697 bits per heavy atom. The molecule has 0 atom stereocenters. The molecule has 3 aromatic heterocycles. The topological polar surface area (TPSA) is 40.5 Å². The van der Waals surface area contributed by atoms with E-state index in [1.54, 1.807) is 22.7 Å². The number of aromatic nitrogens is 1. The van der Waals surface area contributed by atoms with Gasteiger partial charge in [-0.25, -0.2) is 9.98 Å². The lowest BCUT2D eigenvalue weighted by Crippen LogP contribution is -1.95. The molecule has 158 valence electrons. The number of amidine groups is 1. The Kier molecular flexibility index (Phi) is 5.19. The normalized spacial score (nSPS) is 14.5. The smallest absolute Gasteiger partial charge is 0.162 e. The van der Waals surface area contributed by atoms with Crippen LogP contribution >= 0.6 is 22.7 Å². The van der Waals surface area contributed by atoms with Gasteiger partial charge in [0.2, 0.25) is 0 Å². The van der Waals surface area contributed by atoms with E-state index in [9.17, 15) is 0 Å². The number of hydrogen-bond acceptors (Lipinski definition) is 3. The predicted molar refractivity (Wildman–Crippen MR) is 142 cm³/mol. The van der Waals surface area contributed by atoms with Crippen molar-refractivity contribution in [2.45, 2.75) is 0 Å². The molecule has 0 radical (unpaired) electrons. The molecule has 0 amide bonds. The summed E-state index contributed by atoms with van der Waals surface area (Å²) in [4.78, 5) is 15.9. The van der Waals surface area contributed by atoms with E-state index < -0.39 is 0 Å². The summed E-state index contributed by atoms with van der Waals surface area (Å²) in [5.41, 5.74) is 6.35. The first-order valence-electron chi connectivity index (χ1n) is 10.7. The summed E-state index contributed by atoms with van der Waals surface area (Å²) in [5, 5.41) is 4.17. The van der Waals surface area contributed by atoms with Crippen LogP contribution in [0.3, 0.4) is 0 Å². The van der Waals surface area contributed by atoms with Gasteiger partial charge in [0.05, 0.1) is 21.2 Å². The SMILES string of the molecule is C1=C(c2ccccc2)/C(=N/c2[nH]c(-c3cccs3)cc2-c2ccccc2)N=C1c1cccs1. The number of hydrogen-bond donors (Lipinski definition) is 1. The fourth-order valence-corrected chi connectivity index (χ4v) is 5.30. The summed E-state index contributed by atoms with van der Waals surface area (Å²) in [5.74, 6) is 1.54. The van der Waals surface area contributed by atoms with E-state index in [1.165, 1.54) is 4.88 Å². The third kappa shape index (κ3) is 3.93. The number of rotatable bonds is 5. The highest BCUT2D eigenvalue weighted by Crippen LogP contribution is 2.37. The number of allylic oxidation sites excluding steroid dienone is 1. The van der Waals surface area contributed by atoms with Gasteiger partial charge >= 0.3 is 0 Å². The zero-order chi connectivity index (χ0) is 22.0. The van der Waals surface area contributed by atoms with Crippen LogP contribution in [0.4, 0.5) is 5.82 Å². The monoisotopic (exact) mass is 461 g/mol. The van der Waals surface area contributed by atoms with Crippen LogP contribution in [0.25, 0.3) is 27.3 Å². The molecule has 1 N–H and O–H groups in total. The van der Waals surface area contributed by atoms with Crippen LogP contribution in [0, 0.1) is 0 Å². The van der Waals surface area contributed by atoms with Crippen molar-refractivity contribution < 1.29 is 0 Å². The molecule has 0 aliphatic carbocycles. The van der Waals surface area contributed by atoms with Crippen molar-refractivity contribution in [2.75, 3.05) is 0 Å². The molecular formula is C28H19N3S2. The number of aromatic amines is 1. The van der Waals surface area contributed by atoms with E-state index in [0.717, 1.165) is 50.2 Å². The van der Waals surface area contributed by atoms with Crippen molar-refractivity contribution in [3.8, 4) is 21.7 Å². The van der Waals surface area contributed by atoms with E-state index in [4.69, 9.17) is 9.98 Å². The molecule has 0 unspecified atom stereocenters. The van der Waals surface area contributed by atoms with Crippen LogP contribution in [-0.4, -0.2) is 16.5 Å². The Morgan fingerprint density at radius 3 is 2.03 bits per heavy atom. The van der Waals surface area contributed by atoms with Crippen LogP contribution in [0.1, 0.15) is 10.4 Å². The molecule has 2 aromatic carbocycles. The van der Waals surface area contributed by atoms with Crippen molar-refractivity contribution in [2.24, 2.45) is 9.98 Å². The second kappa shape index (κ2) is 8.62. The van der Waals surface area contributed by atoms with Crippen molar-refractivity contribution in [3.63, 3.8) is 0 Å². The standard InChI is InChI=1S/C28H19N3S2/c1-3-9-19(10-4-1)21-17-23(25-13-7-15-32-25)29-27(21)31-28-22(20-11-5-2-6-12-20)18-24(30-28)26-14-8-16-33-26/h1-18,29H/b31-28-. The first kappa shape index (κ1) is 19.9. The second-order valence-corrected chi connectivity index (χ2v) is 9.52. The van der Waals surface area contributed by atoms with Crippen LogP contribution in [0.15, 0.2) is 118 Å². The van der Waals surface area contributed by atoms with Gasteiger partial charge in [-0.2, -0.15) is 0 Å². The van der Waals surface area contributed by atoms with E-state index in [0.29, 0.717) is 0 Å². The second-order valence-electron chi connectivity index (χ2n) is 7.62. The van der Waals surface area contributed by atoms with Gasteiger partial charge < -0.3 is 4.98 Å². The summed E-state index contributed by atoms with van der Waals surface area (Å²) in [6.07, 6.45) is 2.14. The maximum absolute atomic E-state index is 5.10. The highest BCUT2D eigenvalue weighted by molar-refractivity contribution is 7.13. The zero-order valence-electron chi connectivity index (χ0n) is 17.6. The largest absolute Gasteiger partial charge is 0.338 e. The lowest BCUT2D eigenvalue weighted by Gasteiger charge is -2.04. The lowest BCUT2D eigenvalue weighted by atomic mass is 10.0. The third-order valence-corrected chi connectivity index (χ3v) is 7.29. The Balaban J connectivity index is 1.52. The molecule has 1 aliphatic heterocycles. The summed E-state index contributed by atoms with van der Waals surface area (Å²) in [7, 11) is 0. The lowest BCUT2D eigenvalue weighted by molar-refractivity contribution is 1.34. The number of thiophene rings is 2. The van der Waals surface area contributed by atoms with Crippen LogP contribution in [0.2, 0.25) is 0 Å². The third-order valence-electron chi connectivity index (χ3n) is 5.49. The maximum atomic E-state index is 5.10. The Labute approximate surface area is 200 Å². The number of nitrogens with zero attached hydrogens (tertiary/aromatic N) is 2. The van der Waals surface area contributed by atoms with Gasteiger partial charge in [-0.3, -0.25) is 0 Å². The fraction of sp³-hybridized carbons (Fsp3) is 0. The molecule has 4 heterocycles. The molecule has 33 heavy (non-hydrogen) atoms. The summed E-state index contributed by atoms with van der Waals surface area (Å²) in [6, 6.07) is 31.3. The van der Waals surface area contributed by atoms with E-state index in [1.807, 2.05) is 12.1 Å². The highest BCUT2D eigenvalue weighted by atomic mass is 32.1. The predicted octanol–water partition coefficient (Wildman–Crippen LogP) is 8.09. The number of nitrogens with one attached hydrogen (secondary N) is 1. The Bertz CT molecular complexity index is 1470. The Hall–Kier alpha value is -3.80. The molecule has 0 fully saturated rings. The number of benzene rings is 2. The molecular weight excluding hydrogens is 442 g/mol. The maximum Gasteiger partial charge on any atom is 0.162 e. The van der Waals surface area contributed by atoms with Gasteiger partial charge in [0.1, 0.15) is 5.82 Å². The molecule has 0 saturated carbocycles. The van der Waals surface area contributed by atoms with Gasteiger partial charge in [-0.15, -0.1) is 22.7 Å². The van der Waals surface area contributed by atoms with Crippen LogP contribution in [0.5, 0.6) is 0 Å². The minimum absolute atomic E-state index is 0.723. The van der Waals surface area contributed by atoms with E-state index >= 15 is 0 Å². The Morgan fingerprint density at radius 2 is 1.36 bits per heavy atom. The quantitative estimate of drug-likeness (QED) is 0.275. The van der Waals surface area contributed by atoms with E-state index in [-0.39, 0.29) is 0 Å². The summed E-state index contributed by atoms with van der Waals surface area (Å²) in [6.45, 7) is 0. The molecule has 0 saturated heterocycles. The van der Waals surface area contributed by atoms with Gasteiger partial charge in [-0.05, 0) is 46.2 Å². The van der Waals surface area contributed by atoms with Crippen molar-refractivity contribution in [1.29, 1.82) is 0 Å². The average Bonchev–Trinajstić information content (AvgIpc) is 3.67. The average molecular weight is 462 g/mol. The van der Waals surface area contributed by atoms with Crippen molar-refractivity contribution in [1.82, 2.24) is 4.98 Å². The zero-order valence-corrected chi connectivity index (χ0v) is 19.2. The van der Waals surface area contributed by atoms with Crippen molar-refractivity contribution >= 4 is 45.6 Å². The first-order chi connectivity index (χ1) is 16.3. The first-order valence-corrected chi connectivity index (χ1v) is 12.4. The van der Waals surface area contributed by atoms with Gasteiger partial charge in [0.15, 0.2) is 5.84 Å². The molecule has 5 heteroatoms. The van der Waals surface area contributed by atoms with Gasteiger partial charge in [-0.1, -0.05) is 72.8 Å². The number of H-pyrrole nitrogens is 1. The highest BCUT2D eigenvalue weighted by Gasteiger charge is 2.21. The van der Waals surface area contributed by atoms with Crippen LogP contribution < -0.4 is 0 Å². The molecule has 0 spiro atoms. The minimum Gasteiger partial charge on any atom is -0.338 e. The molecule has 6 rings (SSSR count). The van der Waals surface area contributed by atoms with Gasteiger partial charge in [0, 0.05) is 11.1 Å². The fourth-order valence-electron chi connectivity index (χ4n) is 3.91. The van der Waals surface area contributed by atoms with Crippen molar-refractivity contribution in [3.05, 3.63) is 118 Å². The minimum atomic E-state index is 0.723. The molecule has 5 aromatic rings. The van der Waals surface area contributed by atoms with Crippen LogP contribution in [-0.2, 0) is 0 Å². The van der Waals surface area contributed by atoms with E-state index in [2.05, 4.69) is 101 Å². The number of aliphatic imine (C=N–C) groups is 2. The molecule has 3 nitrogen and oxygen atoms in total.